The molecule has 13 heteroatoms. The Morgan fingerprint density at radius 1 is 1.03 bits per heavy atom. The minimum atomic E-state index is -1.96. The molecular weight excluding hydrogens is 539 g/mol. The summed E-state index contributed by atoms with van der Waals surface area (Å²) < 4.78 is 1.50. The lowest BCUT2D eigenvalue weighted by Gasteiger charge is -2.19. The summed E-state index contributed by atoms with van der Waals surface area (Å²) in [6.07, 6.45) is -0.473. The van der Waals surface area contributed by atoms with Crippen molar-refractivity contribution in [3.05, 3.63) is 35.9 Å². The predicted molar refractivity (Wildman–Crippen MR) is 122 cm³/mol. The first-order valence-corrected chi connectivity index (χ1v) is 11.5. The highest BCUT2D eigenvalue weighted by Crippen LogP contribution is 2.41. The Balaban J connectivity index is 2.37. The average Bonchev–Trinajstić information content (AvgIpc) is 2.64. The number of alkyl halides is 6. The number of thioether (sulfide) groups is 1. The van der Waals surface area contributed by atoms with Gasteiger partial charge in [-0.3, -0.25) is 4.79 Å². The first-order valence-electron chi connectivity index (χ1n) is 8.35. The number of aliphatic carboxylic acids is 1. The molecule has 0 amide bonds. The molecular formula is C17H15Cl6N3O3S. The van der Waals surface area contributed by atoms with E-state index < -0.39 is 24.9 Å². The van der Waals surface area contributed by atoms with Crippen molar-refractivity contribution in [2.45, 2.75) is 37.7 Å². The molecule has 0 saturated heterocycles. The minimum Gasteiger partial charge on any atom is -0.480 e. The van der Waals surface area contributed by atoms with Gasteiger partial charge >= 0.3 is 5.97 Å². The Kier molecular flexibility index (Phi) is 9.17. The van der Waals surface area contributed by atoms with Crippen LogP contribution in [-0.2, 0) is 17.1 Å². The Hall–Kier alpha value is -0.250. The van der Waals surface area contributed by atoms with Crippen LogP contribution in [0.2, 0.25) is 0 Å². The summed E-state index contributed by atoms with van der Waals surface area (Å²) in [5.41, 5.74) is 0.525. The van der Waals surface area contributed by atoms with Crippen LogP contribution >= 0.6 is 81.4 Å². The summed E-state index contributed by atoms with van der Waals surface area (Å²) in [4.78, 5) is 24.5. The first-order chi connectivity index (χ1) is 13.8. The summed E-state index contributed by atoms with van der Waals surface area (Å²) in [5.74, 6) is -1.24. The van der Waals surface area contributed by atoms with E-state index in [1.54, 1.807) is 38.1 Å². The van der Waals surface area contributed by atoms with Gasteiger partial charge in [0.05, 0.1) is 6.10 Å². The second-order valence-corrected chi connectivity index (χ2v) is 11.6. The van der Waals surface area contributed by atoms with E-state index in [2.05, 4.69) is 15.0 Å². The standard InChI is InChI=1S/C17H15Cl6N3O3S/c1-3-29-8(2)11(13(27)28)30-10-6-4-9(5-7-10)12-24-14(16(18,19)20)26-15(25-12)17(21,22)23/h4-8,11H,3H2,1-2H3,(H,27,28). The van der Waals surface area contributed by atoms with Gasteiger partial charge in [0, 0.05) is 17.1 Å². The maximum Gasteiger partial charge on any atom is 0.319 e. The van der Waals surface area contributed by atoms with Gasteiger partial charge in [0.2, 0.25) is 7.59 Å². The summed E-state index contributed by atoms with van der Waals surface area (Å²) in [6.45, 7) is 3.94. The number of carbonyl (C=O) groups is 1. The van der Waals surface area contributed by atoms with Crippen LogP contribution in [0.4, 0.5) is 0 Å². The van der Waals surface area contributed by atoms with Gasteiger partial charge in [-0.1, -0.05) is 81.7 Å². The number of benzene rings is 1. The topological polar surface area (TPSA) is 85.2 Å². The van der Waals surface area contributed by atoms with Gasteiger partial charge in [0.1, 0.15) is 5.25 Å². The number of halogens is 6. The lowest BCUT2D eigenvalue weighted by Crippen LogP contribution is -2.31. The van der Waals surface area contributed by atoms with Crippen LogP contribution in [0.25, 0.3) is 11.4 Å². The van der Waals surface area contributed by atoms with E-state index in [0.29, 0.717) is 17.1 Å². The molecule has 1 heterocycles. The van der Waals surface area contributed by atoms with Crippen LogP contribution in [-0.4, -0.2) is 44.0 Å². The third-order valence-electron chi connectivity index (χ3n) is 3.62. The van der Waals surface area contributed by atoms with Crippen LogP contribution in [0.15, 0.2) is 29.2 Å². The van der Waals surface area contributed by atoms with Crippen molar-refractivity contribution in [1.29, 1.82) is 0 Å². The monoisotopic (exact) mass is 551 g/mol. The molecule has 0 radical (unpaired) electrons. The molecule has 30 heavy (non-hydrogen) atoms. The van der Waals surface area contributed by atoms with Crippen LogP contribution < -0.4 is 0 Å². The Bertz CT molecular complexity index is 858. The fourth-order valence-corrected chi connectivity index (χ4v) is 3.75. The highest BCUT2D eigenvalue weighted by atomic mass is 35.6. The number of rotatable bonds is 7. The zero-order valence-corrected chi connectivity index (χ0v) is 20.8. The average molecular weight is 554 g/mol. The molecule has 2 atom stereocenters. The first kappa shape index (κ1) is 26.0. The van der Waals surface area contributed by atoms with Crippen molar-refractivity contribution in [3.63, 3.8) is 0 Å². The lowest BCUT2D eigenvalue weighted by atomic mass is 10.2. The fourth-order valence-electron chi connectivity index (χ4n) is 2.29. The van der Waals surface area contributed by atoms with Crippen molar-refractivity contribution < 1.29 is 14.6 Å². The number of hydrogen-bond donors (Lipinski definition) is 1. The van der Waals surface area contributed by atoms with Gasteiger partial charge in [-0.25, -0.2) is 15.0 Å². The van der Waals surface area contributed by atoms with E-state index >= 15 is 0 Å². The zero-order valence-electron chi connectivity index (χ0n) is 15.5. The SMILES string of the molecule is CCOC(C)C(Sc1ccc(-c2nc(C(Cl)(Cl)Cl)nc(C(Cl)(Cl)Cl)n2)cc1)C(=O)O. The molecule has 164 valence electrons. The molecule has 1 aromatic heterocycles. The molecule has 2 rings (SSSR count). The van der Waals surface area contributed by atoms with Gasteiger partial charge in [-0.2, -0.15) is 0 Å². The molecule has 0 saturated carbocycles. The van der Waals surface area contributed by atoms with Gasteiger partial charge in [0.15, 0.2) is 17.5 Å². The van der Waals surface area contributed by atoms with Crippen molar-refractivity contribution in [1.82, 2.24) is 15.0 Å². The molecule has 0 fully saturated rings. The smallest absolute Gasteiger partial charge is 0.319 e. The number of nitrogens with zero attached hydrogens (tertiary/aromatic N) is 3. The van der Waals surface area contributed by atoms with Gasteiger partial charge in [-0.05, 0) is 26.0 Å². The van der Waals surface area contributed by atoms with Crippen molar-refractivity contribution in [2.75, 3.05) is 6.61 Å². The number of aromatic nitrogens is 3. The van der Waals surface area contributed by atoms with Crippen LogP contribution in [0.3, 0.4) is 0 Å². The van der Waals surface area contributed by atoms with Crippen molar-refractivity contribution >= 4 is 87.3 Å². The second kappa shape index (κ2) is 10.6. The summed E-state index contributed by atoms with van der Waals surface area (Å²) in [5, 5.41) is 8.70. The quantitative estimate of drug-likeness (QED) is 0.324. The lowest BCUT2D eigenvalue weighted by molar-refractivity contribution is -0.138. The van der Waals surface area contributed by atoms with Crippen LogP contribution in [0.5, 0.6) is 0 Å². The van der Waals surface area contributed by atoms with E-state index in [1.807, 2.05) is 0 Å². The highest BCUT2D eigenvalue weighted by Gasteiger charge is 2.34. The Morgan fingerprint density at radius 3 is 1.93 bits per heavy atom. The van der Waals surface area contributed by atoms with E-state index in [1.165, 1.54) is 0 Å². The molecule has 6 nitrogen and oxygen atoms in total. The van der Waals surface area contributed by atoms with Gasteiger partial charge < -0.3 is 9.84 Å². The molecule has 0 aliphatic rings. The minimum absolute atomic E-state index is 0.127. The maximum absolute atomic E-state index is 11.6. The van der Waals surface area contributed by atoms with Crippen molar-refractivity contribution in [3.8, 4) is 11.4 Å². The summed E-state index contributed by atoms with van der Waals surface area (Å²) in [6, 6.07) is 6.77. The fraction of sp³-hybridized carbons (Fsp3) is 0.412. The van der Waals surface area contributed by atoms with E-state index in [0.717, 1.165) is 11.8 Å². The third kappa shape index (κ3) is 7.14. The van der Waals surface area contributed by atoms with E-state index in [4.69, 9.17) is 74.3 Å². The van der Waals surface area contributed by atoms with E-state index in [9.17, 15) is 9.90 Å². The Labute approximate surface area is 207 Å². The summed E-state index contributed by atoms with van der Waals surface area (Å²) in [7, 11) is 0. The van der Waals surface area contributed by atoms with Gasteiger partial charge in [0.25, 0.3) is 0 Å². The maximum atomic E-state index is 11.6. The highest BCUT2D eigenvalue weighted by molar-refractivity contribution is 8.00. The number of carboxylic acid groups (broad SMARTS) is 1. The number of ether oxygens (including phenoxy) is 1. The van der Waals surface area contributed by atoms with Gasteiger partial charge in [-0.15, -0.1) is 11.8 Å². The number of carboxylic acids is 1. The van der Waals surface area contributed by atoms with Crippen LogP contribution in [0.1, 0.15) is 25.5 Å². The molecule has 1 aromatic carbocycles. The predicted octanol–water partition coefficient (Wildman–Crippen LogP) is 6.16. The molecule has 2 unspecified atom stereocenters. The van der Waals surface area contributed by atoms with E-state index in [-0.39, 0.29) is 17.5 Å². The Morgan fingerprint density at radius 2 is 1.53 bits per heavy atom. The second-order valence-electron chi connectivity index (χ2n) is 5.86. The molecule has 2 aromatic rings. The van der Waals surface area contributed by atoms with Crippen LogP contribution in [0, 0.1) is 0 Å². The molecule has 0 aliphatic heterocycles. The molecule has 0 bridgehead atoms. The molecule has 1 N–H and O–H groups in total. The molecule has 0 aliphatic carbocycles. The normalized spacial score (nSPS) is 14.4. The molecule has 0 spiro atoms. The zero-order chi connectivity index (χ0) is 22.7. The van der Waals surface area contributed by atoms with Crippen molar-refractivity contribution in [2.24, 2.45) is 0 Å². The number of hydrogen-bond acceptors (Lipinski definition) is 6. The largest absolute Gasteiger partial charge is 0.480 e. The summed E-state index contributed by atoms with van der Waals surface area (Å²) >= 11 is 36.5. The third-order valence-corrected chi connectivity index (χ3v) is 6.01.